The Morgan fingerprint density at radius 1 is 1.11 bits per heavy atom. The molecule has 3 aromatic rings. The van der Waals surface area contributed by atoms with E-state index in [4.69, 9.17) is 17.3 Å². The highest BCUT2D eigenvalue weighted by Crippen LogP contribution is 2.25. The lowest BCUT2D eigenvalue weighted by molar-refractivity contribution is -0.125. The number of halogens is 1. The quantitative estimate of drug-likeness (QED) is 0.668. The smallest absolute Gasteiger partial charge is 0.255 e. The first kappa shape index (κ1) is 19.6. The van der Waals surface area contributed by atoms with Crippen LogP contribution >= 0.6 is 11.6 Å². The van der Waals surface area contributed by atoms with Gasteiger partial charge in [0.05, 0.1) is 16.7 Å². The standard InChI is InChI=1S/C21H21ClN4O2/c1-21(2,20(23)28)13-24-19(27)17-12-26(16-6-4-3-5-7-16)25-18(17)14-8-10-15(22)11-9-14/h3-12H,13H2,1-2H3,(H2,23,28)(H,24,27). The molecular weight excluding hydrogens is 376 g/mol. The van der Waals surface area contributed by atoms with Crippen LogP contribution in [-0.4, -0.2) is 28.1 Å². The number of nitrogens with zero attached hydrogens (tertiary/aromatic N) is 2. The zero-order valence-corrected chi connectivity index (χ0v) is 16.4. The first-order chi connectivity index (χ1) is 13.3. The predicted octanol–water partition coefficient (Wildman–Crippen LogP) is 3.43. The number of aromatic nitrogens is 2. The van der Waals surface area contributed by atoms with Crippen LogP contribution in [0.3, 0.4) is 0 Å². The van der Waals surface area contributed by atoms with Crippen molar-refractivity contribution >= 4 is 23.4 Å². The summed E-state index contributed by atoms with van der Waals surface area (Å²) in [6, 6.07) is 16.6. The molecule has 0 aliphatic rings. The fourth-order valence-corrected chi connectivity index (χ4v) is 2.68. The van der Waals surface area contributed by atoms with Crippen molar-refractivity contribution in [1.29, 1.82) is 0 Å². The summed E-state index contributed by atoms with van der Waals surface area (Å²) in [6.07, 6.45) is 1.67. The molecule has 0 saturated carbocycles. The third-order valence-electron chi connectivity index (χ3n) is 4.46. The van der Waals surface area contributed by atoms with Crippen molar-refractivity contribution in [2.45, 2.75) is 13.8 Å². The maximum Gasteiger partial charge on any atom is 0.255 e. The number of benzene rings is 2. The molecule has 6 nitrogen and oxygen atoms in total. The Balaban J connectivity index is 1.98. The van der Waals surface area contributed by atoms with Gasteiger partial charge in [0.15, 0.2) is 0 Å². The average molecular weight is 397 g/mol. The molecule has 2 amide bonds. The van der Waals surface area contributed by atoms with Gasteiger partial charge in [0.1, 0.15) is 5.69 Å². The maximum atomic E-state index is 12.9. The molecule has 0 saturated heterocycles. The lowest BCUT2D eigenvalue weighted by Crippen LogP contribution is -2.42. The molecule has 2 aromatic carbocycles. The molecule has 0 fully saturated rings. The zero-order valence-electron chi connectivity index (χ0n) is 15.6. The topological polar surface area (TPSA) is 90.0 Å². The summed E-state index contributed by atoms with van der Waals surface area (Å²) in [7, 11) is 0. The second-order valence-corrected chi connectivity index (χ2v) is 7.55. The highest BCUT2D eigenvalue weighted by molar-refractivity contribution is 6.30. The fraction of sp³-hybridized carbons (Fsp3) is 0.190. The molecule has 3 rings (SSSR count). The zero-order chi connectivity index (χ0) is 20.3. The molecule has 144 valence electrons. The number of rotatable bonds is 6. The Bertz CT molecular complexity index is 995. The third kappa shape index (κ3) is 4.23. The lowest BCUT2D eigenvalue weighted by atomic mass is 9.92. The number of carbonyl (C=O) groups excluding carboxylic acids is 2. The van der Waals surface area contributed by atoms with Gasteiger partial charge < -0.3 is 11.1 Å². The molecule has 0 unspecified atom stereocenters. The minimum absolute atomic E-state index is 0.123. The van der Waals surface area contributed by atoms with Gasteiger partial charge in [-0.2, -0.15) is 5.10 Å². The number of carbonyl (C=O) groups is 2. The number of hydrogen-bond donors (Lipinski definition) is 2. The van der Waals surface area contributed by atoms with Gasteiger partial charge in [0.25, 0.3) is 5.91 Å². The Kier molecular flexibility index (Phi) is 5.51. The maximum absolute atomic E-state index is 12.9. The number of para-hydroxylation sites is 1. The van der Waals surface area contributed by atoms with E-state index >= 15 is 0 Å². The van der Waals surface area contributed by atoms with E-state index in [1.807, 2.05) is 42.5 Å². The summed E-state index contributed by atoms with van der Waals surface area (Å²) >= 11 is 5.98. The van der Waals surface area contributed by atoms with Gasteiger partial charge in [-0.25, -0.2) is 4.68 Å². The SMILES string of the molecule is CC(C)(CNC(=O)c1cn(-c2ccccc2)nc1-c1ccc(Cl)cc1)C(N)=O. The molecule has 0 aliphatic carbocycles. The molecule has 0 atom stereocenters. The van der Waals surface area contributed by atoms with Gasteiger partial charge in [-0.15, -0.1) is 0 Å². The summed E-state index contributed by atoms with van der Waals surface area (Å²) in [6.45, 7) is 3.49. The second kappa shape index (κ2) is 7.86. The first-order valence-electron chi connectivity index (χ1n) is 8.77. The highest BCUT2D eigenvalue weighted by Gasteiger charge is 2.27. The molecule has 7 heteroatoms. The van der Waals surface area contributed by atoms with Gasteiger partial charge in [0, 0.05) is 23.3 Å². The van der Waals surface area contributed by atoms with E-state index in [1.165, 1.54) is 0 Å². The third-order valence-corrected chi connectivity index (χ3v) is 4.71. The summed E-state index contributed by atoms with van der Waals surface area (Å²) in [5, 5.41) is 7.99. The lowest BCUT2D eigenvalue weighted by Gasteiger charge is -2.20. The number of primary amides is 1. The molecule has 0 aliphatic heterocycles. The number of hydrogen-bond acceptors (Lipinski definition) is 3. The molecule has 3 N–H and O–H groups in total. The molecule has 28 heavy (non-hydrogen) atoms. The van der Waals surface area contributed by atoms with Gasteiger partial charge in [0.2, 0.25) is 5.91 Å². The Hall–Kier alpha value is -3.12. The summed E-state index contributed by atoms with van der Waals surface area (Å²) < 4.78 is 1.65. The molecule has 1 heterocycles. The van der Waals surface area contributed by atoms with Crippen molar-refractivity contribution in [3.8, 4) is 16.9 Å². The van der Waals surface area contributed by atoms with Crippen LogP contribution in [0, 0.1) is 5.41 Å². The van der Waals surface area contributed by atoms with E-state index in [0.29, 0.717) is 16.3 Å². The second-order valence-electron chi connectivity index (χ2n) is 7.11. The minimum atomic E-state index is -0.856. The Labute approximate surface area is 168 Å². The van der Waals surface area contributed by atoms with E-state index in [1.54, 1.807) is 36.9 Å². The summed E-state index contributed by atoms with van der Waals surface area (Å²) in [4.78, 5) is 24.4. The van der Waals surface area contributed by atoms with Gasteiger partial charge in [-0.3, -0.25) is 9.59 Å². The largest absolute Gasteiger partial charge is 0.369 e. The van der Waals surface area contributed by atoms with Crippen molar-refractivity contribution in [3.63, 3.8) is 0 Å². The molecular formula is C21H21ClN4O2. The predicted molar refractivity (Wildman–Crippen MR) is 109 cm³/mol. The van der Waals surface area contributed by atoms with Crippen molar-refractivity contribution < 1.29 is 9.59 Å². The van der Waals surface area contributed by atoms with Crippen LogP contribution in [0.4, 0.5) is 0 Å². The number of nitrogens with two attached hydrogens (primary N) is 1. The van der Waals surface area contributed by atoms with E-state index in [-0.39, 0.29) is 12.5 Å². The van der Waals surface area contributed by atoms with Crippen molar-refractivity contribution in [1.82, 2.24) is 15.1 Å². The Morgan fingerprint density at radius 2 is 1.75 bits per heavy atom. The highest BCUT2D eigenvalue weighted by atomic mass is 35.5. The van der Waals surface area contributed by atoms with Gasteiger partial charge in [-0.1, -0.05) is 41.9 Å². The minimum Gasteiger partial charge on any atom is -0.369 e. The van der Waals surface area contributed by atoms with Crippen LogP contribution in [-0.2, 0) is 4.79 Å². The van der Waals surface area contributed by atoms with E-state index in [0.717, 1.165) is 11.3 Å². The summed E-state index contributed by atoms with van der Waals surface area (Å²) in [5.74, 6) is -0.813. The van der Waals surface area contributed by atoms with Crippen molar-refractivity contribution in [3.05, 3.63) is 71.4 Å². The van der Waals surface area contributed by atoms with Crippen LogP contribution in [0.5, 0.6) is 0 Å². The Morgan fingerprint density at radius 3 is 2.36 bits per heavy atom. The molecule has 1 aromatic heterocycles. The molecule has 0 radical (unpaired) electrons. The van der Waals surface area contributed by atoms with Crippen LogP contribution in [0.15, 0.2) is 60.8 Å². The molecule has 0 spiro atoms. The number of amides is 2. The summed E-state index contributed by atoms with van der Waals surface area (Å²) in [5.41, 5.74) is 7.04. The van der Waals surface area contributed by atoms with E-state index in [2.05, 4.69) is 10.4 Å². The fourth-order valence-electron chi connectivity index (χ4n) is 2.56. The monoisotopic (exact) mass is 396 g/mol. The van der Waals surface area contributed by atoms with E-state index in [9.17, 15) is 9.59 Å². The van der Waals surface area contributed by atoms with Gasteiger partial charge >= 0.3 is 0 Å². The first-order valence-corrected chi connectivity index (χ1v) is 9.15. The normalized spacial score (nSPS) is 11.2. The van der Waals surface area contributed by atoms with Crippen LogP contribution in [0.25, 0.3) is 16.9 Å². The van der Waals surface area contributed by atoms with Crippen LogP contribution < -0.4 is 11.1 Å². The van der Waals surface area contributed by atoms with E-state index < -0.39 is 11.3 Å². The molecule has 0 bridgehead atoms. The van der Waals surface area contributed by atoms with Crippen LogP contribution in [0.2, 0.25) is 5.02 Å². The van der Waals surface area contributed by atoms with Crippen LogP contribution in [0.1, 0.15) is 24.2 Å². The van der Waals surface area contributed by atoms with Crippen molar-refractivity contribution in [2.75, 3.05) is 6.54 Å². The van der Waals surface area contributed by atoms with Gasteiger partial charge in [-0.05, 0) is 38.1 Å². The number of nitrogens with one attached hydrogen (secondary N) is 1. The van der Waals surface area contributed by atoms with Crippen molar-refractivity contribution in [2.24, 2.45) is 11.1 Å². The average Bonchev–Trinajstić information content (AvgIpc) is 3.13.